The normalized spacial score (nSPS) is 11.0. The number of nitrogen functional groups attached to an aromatic ring is 1. The molecule has 0 spiro atoms. The quantitative estimate of drug-likeness (QED) is 0.576. The van der Waals surface area contributed by atoms with Gasteiger partial charge < -0.3 is 15.2 Å². The number of aromatic nitrogens is 4. The van der Waals surface area contributed by atoms with Gasteiger partial charge in [-0.3, -0.25) is 4.98 Å². The van der Waals surface area contributed by atoms with Crippen molar-refractivity contribution in [1.82, 2.24) is 19.9 Å². The molecule has 0 bridgehead atoms. The first kappa shape index (κ1) is 15.1. The largest absolute Gasteiger partial charge is 0.493 e. The highest BCUT2D eigenvalue weighted by molar-refractivity contribution is 6.10. The third-order valence-electron chi connectivity index (χ3n) is 4.01. The molecule has 3 heterocycles. The Balaban J connectivity index is 2.07. The minimum absolute atomic E-state index is 0.379. The van der Waals surface area contributed by atoms with Crippen LogP contribution in [0.15, 0.2) is 42.9 Å². The lowest BCUT2D eigenvalue weighted by Gasteiger charge is -2.11. The molecule has 0 saturated carbocycles. The number of nitrogens with zero attached hydrogens (tertiary/aromatic N) is 4. The lowest BCUT2D eigenvalue weighted by molar-refractivity contribution is 0.356. The van der Waals surface area contributed by atoms with Crippen LogP contribution in [0.1, 0.15) is 0 Å². The smallest absolute Gasteiger partial charge is 0.178 e. The molecule has 0 atom stereocenters. The molecule has 4 rings (SSSR count). The summed E-state index contributed by atoms with van der Waals surface area (Å²) in [5.74, 6) is 2.14. The van der Waals surface area contributed by atoms with Gasteiger partial charge in [0.2, 0.25) is 0 Å². The summed E-state index contributed by atoms with van der Waals surface area (Å²) in [6, 6.07) is 7.39. The number of hydrogen-bond acceptors (Lipinski definition) is 7. The van der Waals surface area contributed by atoms with Gasteiger partial charge in [-0.1, -0.05) is 0 Å². The lowest BCUT2D eigenvalue weighted by Crippen LogP contribution is -1.98. The molecule has 0 radical (unpaired) electrons. The van der Waals surface area contributed by atoms with Gasteiger partial charge in [-0.15, -0.1) is 0 Å². The van der Waals surface area contributed by atoms with Crippen LogP contribution in [-0.4, -0.2) is 34.2 Å². The number of pyridine rings is 2. The molecule has 124 valence electrons. The Morgan fingerprint density at radius 1 is 0.840 bits per heavy atom. The molecular formula is C18H15N5O2. The Morgan fingerprint density at radius 2 is 1.56 bits per heavy atom. The molecule has 1 aromatic carbocycles. The first-order chi connectivity index (χ1) is 12.2. The molecule has 3 aromatic heterocycles. The van der Waals surface area contributed by atoms with Gasteiger partial charge in [0.25, 0.3) is 0 Å². The number of anilines is 1. The summed E-state index contributed by atoms with van der Waals surface area (Å²) >= 11 is 0. The van der Waals surface area contributed by atoms with Crippen LogP contribution in [0.25, 0.3) is 33.2 Å². The van der Waals surface area contributed by atoms with Crippen LogP contribution >= 0.6 is 0 Å². The van der Waals surface area contributed by atoms with Gasteiger partial charge >= 0.3 is 0 Å². The second-order valence-corrected chi connectivity index (χ2v) is 5.41. The monoisotopic (exact) mass is 333 g/mol. The predicted octanol–water partition coefficient (Wildman–Crippen LogP) is 2.84. The first-order valence-corrected chi connectivity index (χ1v) is 7.59. The van der Waals surface area contributed by atoms with Crippen molar-refractivity contribution in [1.29, 1.82) is 0 Å². The Kier molecular flexibility index (Phi) is 3.53. The van der Waals surface area contributed by atoms with Gasteiger partial charge in [0.05, 0.1) is 19.7 Å². The van der Waals surface area contributed by atoms with E-state index in [-0.39, 0.29) is 0 Å². The third kappa shape index (κ3) is 2.46. The summed E-state index contributed by atoms with van der Waals surface area (Å²) in [4.78, 5) is 17.4. The second kappa shape index (κ2) is 5.86. The maximum absolute atomic E-state index is 6.15. The minimum Gasteiger partial charge on any atom is -0.493 e. The topological polar surface area (TPSA) is 96.0 Å². The van der Waals surface area contributed by atoms with E-state index in [1.54, 1.807) is 38.9 Å². The maximum Gasteiger partial charge on any atom is 0.178 e. The molecule has 0 aliphatic carbocycles. The molecule has 0 amide bonds. The molecule has 4 aromatic rings. The van der Waals surface area contributed by atoms with Crippen molar-refractivity contribution in [2.45, 2.75) is 0 Å². The van der Waals surface area contributed by atoms with Gasteiger partial charge in [-0.05, 0) is 23.6 Å². The molecule has 0 aliphatic rings. The summed E-state index contributed by atoms with van der Waals surface area (Å²) in [6.45, 7) is 0. The number of nitrogens with two attached hydrogens (primary N) is 1. The Hall–Kier alpha value is -3.48. The zero-order chi connectivity index (χ0) is 17.4. The number of fused-ring (bicyclic) bond motifs is 3. The molecule has 0 unspecified atom stereocenters. The lowest BCUT2D eigenvalue weighted by atomic mass is 10.1. The van der Waals surface area contributed by atoms with Crippen molar-refractivity contribution in [3.63, 3.8) is 0 Å². The Morgan fingerprint density at radius 3 is 2.28 bits per heavy atom. The van der Waals surface area contributed by atoms with Crippen LogP contribution in [0, 0.1) is 0 Å². The summed E-state index contributed by atoms with van der Waals surface area (Å²) in [6.07, 6.45) is 5.05. The van der Waals surface area contributed by atoms with Crippen molar-refractivity contribution in [3.05, 3.63) is 42.9 Å². The maximum atomic E-state index is 6.15. The standard InChI is InChI=1S/C18H15N5O2/c1-24-15-7-11-10-6-14(18-20-4-3-5-21-18)23-17(19)12(10)9-22-13(11)8-16(15)25-2/h3-9H,1-2H3,(H2,19,23). The predicted molar refractivity (Wildman–Crippen MR) is 95.6 cm³/mol. The van der Waals surface area contributed by atoms with Gasteiger partial charge in [0.15, 0.2) is 17.3 Å². The van der Waals surface area contributed by atoms with Crippen molar-refractivity contribution >= 4 is 27.5 Å². The van der Waals surface area contributed by atoms with E-state index in [1.807, 2.05) is 18.2 Å². The first-order valence-electron chi connectivity index (χ1n) is 7.59. The van der Waals surface area contributed by atoms with Crippen LogP contribution in [-0.2, 0) is 0 Å². The highest BCUT2D eigenvalue weighted by Crippen LogP contribution is 2.36. The SMILES string of the molecule is COc1cc2ncc3c(N)nc(-c4ncccn4)cc3c2cc1OC. The molecule has 0 saturated heterocycles. The van der Waals surface area contributed by atoms with E-state index in [4.69, 9.17) is 15.2 Å². The minimum atomic E-state index is 0.379. The van der Waals surface area contributed by atoms with Crippen molar-refractivity contribution < 1.29 is 9.47 Å². The second-order valence-electron chi connectivity index (χ2n) is 5.41. The summed E-state index contributed by atoms with van der Waals surface area (Å²) < 4.78 is 10.8. The zero-order valence-electron chi connectivity index (χ0n) is 13.7. The molecule has 0 aliphatic heterocycles. The molecule has 2 N–H and O–H groups in total. The van der Waals surface area contributed by atoms with Gasteiger partial charge in [0.1, 0.15) is 11.5 Å². The molecule has 7 nitrogen and oxygen atoms in total. The highest BCUT2D eigenvalue weighted by atomic mass is 16.5. The summed E-state index contributed by atoms with van der Waals surface area (Å²) in [7, 11) is 3.19. The van der Waals surface area contributed by atoms with E-state index in [0.717, 1.165) is 21.7 Å². The van der Waals surface area contributed by atoms with E-state index in [0.29, 0.717) is 28.8 Å². The van der Waals surface area contributed by atoms with E-state index in [2.05, 4.69) is 19.9 Å². The average Bonchev–Trinajstić information content (AvgIpc) is 2.67. The van der Waals surface area contributed by atoms with Crippen molar-refractivity contribution in [2.24, 2.45) is 0 Å². The van der Waals surface area contributed by atoms with Crippen molar-refractivity contribution in [3.8, 4) is 23.0 Å². The molecular weight excluding hydrogens is 318 g/mol. The number of benzene rings is 1. The van der Waals surface area contributed by atoms with Crippen LogP contribution in [0.4, 0.5) is 5.82 Å². The fraction of sp³-hybridized carbons (Fsp3) is 0.111. The van der Waals surface area contributed by atoms with E-state index >= 15 is 0 Å². The molecule has 0 fully saturated rings. The highest BCUT2D eigenvalue weighted by Gasteiger charge is 2.13. The number of rotatable bonds is 3. The van der Waals surface area contributed by atoms with Gasteiger partial charge in [0, 0.05) is 35.4 Å². The Bertz CT molecular complexity index is 1080. The van der Waals surface area contributed by atoms with E-state index < -0.39 is 0 Å². The molecule has 25 heavy (non-hydrogen) atoms. The Labute approximate surface area is 143 Å². The number of methoxy groups -OCH3 is 2. The number of hydrogen-bond donors (Lipinski definition) is 1. The average molecular weight is 333 g/mol. The summed E-state index contributed by atoms with van der Waals surface area (Å²) in [5, 5.41) is 2.56. The van der Waals surface area contributed by atoms with Crippen LogP contribution in [0.2, 0.25) is 0 Å². The molecule has 7 heteroatoms. The van der Waals surface area contributed by atoms with Crippen LogP contribution in [0.3, 0.4) is 0 Å². The van der Waals surface area contributed by atoms with Gasteiger partial charge in [-0.2, -0.15) is 0 Å². The zero-order valence-corrected chi connectivity index (χ0v) is 13.7. The van der Waals surface area contributed by atoms with Crippen LogP contribution in [0.5, 0.6) is 11.5 Å². The fourth-order valence-corrected chi connectivity index (χ4v) is 2.80. The van der Waals surface area contributed by atoms with Crippen LogP contribution < -0.4 is 15.2 Å². The fourth-order valence-electron chi connectivity index (χ4n) is 2.80. The summed E-state index contributed by atoms with van der Waals surface area (Å²) in [5.41, 5.74) is 7.53. The van der Waals surface area contributed by atoms with Gasteiger partial charge in [-0.25, -0.2) is 15.0 Å². The van der Waals surface area contributed by atoms with E-state index in [9.17, 15) is 0 Å². The third-order valence-corrected chi connectivity index (χ3v) is 4.01. The number of ether oxygens (including phenoxy) is 2. The van der Waals surface area contributed by atoms with E-state index in [1.165, 1.54) is 0 Å². The van der Waals surface area contributed by atoms with Crippen molar-refractivity contribution in [2.75, 3.05) is 20.0 Å².